The van der Waals surface area contributed by atoms with Crippen LogP contribution in [0.1, 0.15) is 37.4 Å². The monoisotopic (exact) mass is 340 g/mol. The molecule has 0 radical (unpaired) electrons. The summed E-state index contributed by atoms with van der Waals surface area (Å²) < 4.78 is 5.63. The van der Waals surface area contributed by atoms with Crippen molar-refractivity contribution in [1.29, 1.82) is 0 Å². The molecule has 2 aromatic rings. The molecule has 5 unspecified atom stereocenters. The molecule has 1 aromatic carbocycles. The molecule has 2 N–H and O–H groups in total. The number of nitrogens with zero attached hydrogens (tertiary/aromatic N) is 1. The van der Waals surface area contributed by atoms with Gasteiger partial charge in [-0.1, -0.05) is 31.5 Å². The fourth-order valence-corrected chi connectivity index (χ4v) is 6.43. The molecule has 0 spiro atoms. The highest BCUT2D eigenvalue weighted by Crippen LogP contribution is 2.56. The molecule has 4 aliphatic rings. The number of aliphatic hydroxyl groups is 1. The Balaban J connectivity index is 1.79. The molecule has 134 valence electrons. The van der Waals surface area contributed by atoms with Crippen molar-refractivity contribution in [3.8, 4) is 0 Å². The van der Waals surface area contributed by atoms with Crippen LogP contribution in [0.5, 0.6) is 0 Å². The Labute approximate surface area is 149 Å². The van der Waals surface area contributed by atoms with Gasteiger partial charge in [0.1, 0.15) is 0 Å². The molecular formula is C21H28N2O2. The maximum Gasteiger partial charge on any atom is 0.166 e. The van der Waals surface area contributed by atoms with Crippen LogP contribution >= 0.6 is 0 Å². The first kappa shape index (κ1) is 15.9. The van der Waals surface area contributed by atoms with Crippen molar-refractivity contribution in [2.75, 3.05) is 20.2 Å². The quantitative estimate of drug-likeness (QED) is 0.845. The van der Waals surface area contributed by atoms with Gasteiger partial charge >= 0.3 is 0 Å². The summed E-state index contributed by atoms with van der Waals surface area (Å²) in [5.74, 6) is 1.28. The summed E-state index contributed by atoms with van der Waals surface area (Å²) in [6, 6.07) is 8.96. The molecule has 4 nitrogen and oxygen atoms in total. The Morgan fingerprint density at radius 3 is 3.04 bits per heavy atom. The molecule has 4 bridgehead atoms. The van der Waals surface area contributed by atoms with E-state index < -0.39 is 6.29 Å². The molecule has 4 heteroatoms. The first-order chi connectivity index (χ1) is 12.2. The van der Waals surface area contributed by atoms with E-state index in [0.717, 1.165) is 19.4 Å². The molecule has 1 aliphatic carbocycles. The number of ether oxygens (including phenoxy) is 1. The third-order valence-electron chi connectivity index (χ3n) is 7.24. The molecule has 1 aromatic heterocycles. The summed E-state index contributed by atoms with van der Waals surface area (Å²) >= 11 is 0. The van der Waals surface area contributed by atoms with E-state index in [9.17, 15) is 5.11 Å². The van der Waals surface area contributed by atoms with Gasteiger partial charge in [0.25, 0.3) is 0 Å². The zero-order chi connectivity index (χ0) is 17.2. The van der Waals surface area contributed by atoms with Crippen LogP contribution in [0.2, 0.25) is 0 Å². The lowest BCUT2D eigenvalue weighted by Crippen LogP contribution is -2.68. The van der Waals surface area contributed by atoms with Crippen LogP contribution in [0.15, 0.2) is 24.3 Å². The largest absolute Gasteiger partial charge is 0.367 e. The molecule has 3 aliphatic heterocycles. The van der Waals surface area contributed by atoms with E-state index in [1.165, 1.54) is 41.5 Å². The van der Waals surface area contributed by atoms with E-state index >= 15 is 0 Å². The fraction of sp³-hybridized carbons (Fsp3) is 0.619. The summed E-state index contributed by atoms with van der Waals surface area (Å²) in [7, 11) is 1.65. The topological polar surface area (TPSA) is 48.5 Å². The SMILES string of the molecule is CCC1C[C@@H]2CN3CCc4c([nH]c5ccccc45)C(C(O)OC)(C2)C13. The number of aromatic amines is 1. The van der Waals surface area contributed by atoms with E-state index in [-0.39, 0.29) is 5.41 Å². The van der Waals surface area contributed by atoms with Crippen LogP contribution in [-0.2, 0) is 16.6 Å². The van der Waals surface area contributed by atoms with E-state index in [2.05, 4.69) is 41.1 Å². The summed E-state index contributed by atoms with van der Waals surface area (Å²) in [6.07, 6.45) is 3.79. The van der Waals surface area contributed by atoms with Gasteiger partial charge in [-0.05, 0) is 42.7 Å². The summed E-state index contributed by atoms with van der Waals surface area (Å²) in [6.45, 7) is 4.57. The van der Waals surface area contributed by atoms with Crippen LogP contribution in [0.4, 0.5) is 0 Å². The summed E-state index contributed by atoms with van der Waals surface area (Å²) in [5.41, 5.74) is 3.51. The smallest absolute Gasteiger partial charge is 0.166 e. The van der Waals surface area contributed by atoms with E-state index in [1.807, 2.05) is 0 Å². The Hall–Kier alpha value is -1.36. The first-order valence-electron chi connectivity index (χ1n) is 9.74. The summed E-state index contributed by atoms with van der Waals surface area (Å²) in [5, 5.41) is 12.5. The first-order valence-corrected chi connectivity index (χ1v) is 9.74. The Morgan fingerprint density at radius 1 is 1.40 bits per heavy atom. The van der Waals surface area contributed by atoms with Crippen LogP contribution in [0, 0.1) is 11.8 Å². The second-order valence-corrected chi connectivity index (χ2v) is 8.32. The molecule has 6 atom stereocenters. The highest BCUT2D eigenvalue weighted by molar-refractivity contribution is 5.85. The number of rotatable bonds is 3. The second kappa shape index (κ2) is 5.57. The molecule has 6 rings (SSSR count). The Kier molecular flexibility index (Phi) is 3.53. The van der Waals surface area contributed by atoms with E-state index in [0.29, 0.717) is 17.9 Å². The number of hydrogen-bond donors (Lipinski definition) is 2. The molecule has 0 amide bonds. The predicted octanol–water partition coefficient (Wildman–Crippen LogP) is 3.05. The number of aromatic nitrogens is 1. The number of aliphatic hydroxyl groups excluding tert-OH is 1. The highest BCUT2D eigenvalue weighted by Gasteiger charge is 2.61. The van der Waals surface area contributed by atoms with Crippen LogP contribution < -0.4 is 0 Å². The zero-order valence-corrected chi connectivity index (χ0v) is 15.2. The van der Waals surface area contributed by atoms with Gasteiger partial charge in [0.15, 0.2) is 6.29 Å². The van der Waals surface area contributed by atoms with E-state index in [4.69, 9.17) is 4.74 Å². The lowest BCUT2D eigenvalue weighted by molar-refractivity contribution is -0.193. The normalized spacial score (nSPS) is 37.7. The number of H-pyrrole nitrogens is 1. The number of piperidine rings is 2. The average molecular weight is 340 g/mol. The van der Waals surface area contributed by atoms with Gasteiger partial charge < -0.3 is 14.8 Å². The lowest BCUT2D eigenvalue weighted by atomic mass is 9.56. The van der Waals surface area contributed by atoms with Gasteiger partial charge in [0.2, 0.25) is 0 Å². The summed E-state index contributed by atoms with van der Waals surface area (Å²) in [4.78, 5) is 6.39. The standard InChI is InChI=1S/C21H28N2O2/c1-3-14-10-13-11-21(20(24)25-2)18-16(8-9-23(12-13)19(14)21)15-6-4-5-7-17(15)22-18/h4-7,13-14,19-20,22,24H,3,8-12H2,1-2H3/t13-,14?,19?,20?,21?/m0/s1. The number of para-hydroxylation sites is 1. The van der Waals surface area contributed by atoms with Crippen molar-refractivity contribution >= 4 is 10.9 Å². The van der Waals surface area contributed by atoms with Gasteiger partial charge in [-0.25, -0.2) is 0 Å². The van der Waals surface area contributed by atoms with Crippen LogP contribution in [0.3, 0.4) is 0 Å². The van der Waals surface area contributed by atoms with Crippen LogP contribution in [-0.4, -0.2) is 47.5 Å². The number of methoxy groups -OCH3 is 1. The minimum absolute atomic E-state index is 0.332. The highest BCUT2D eigenvalue weighted by atomic mass is 16.6. The van der Waals surface area contributed by atoms with Crippen molar-refractivity contribution in [2.45, 2.75) is 50.4 Å². The molecule has 25 heavy (non-hydrogen) atoms. The Morgan fingerprint density at radius 2 is 2.24 bits per heavy atom. The maximum atomic E-state index is 11.1. The number of benzene rings is 1. The maximum absolute atomic E-state index is 11.1. The van der Waals surface area contributed by atoms with Gasteiger partial charge in [-0.3, -0.25) is 4.90 Å². The van der Waals surface area contributed by atoms with Gasteiger partial charge in [0.05, 0.1) is 5.41 Å². The van der Waals surface area contributed by atoms with Crippen molar-refractivity contribution in [2.24, 2.45) is 11.8 Å². The second-order valence-electron chi connectivity index (χ2n) is 8.32. The molecule has 2 saturated heterocycles. The van der Waals surface area contributed by atoms with E-state index in [1.54, 1.807) is 7.11 Å². The minimum Gasteiger partial charge on any atom is -0.367 e. The molecule has 4 heterocycles. The zero-order valence-electron chi connectivity index (χ0n) is 15.2. The van der Waals surface area contributed by atoms with Crippen molar-refractivity contribution in [1.82, 2.24) is 9.88 Å². The number of hydrogen-bond acceptors (Lipinski definition) is 3. The third kappa shape index (κ3) is 1.99. The number of nitrogens with one attached hydrogen (secondary N) is 1. The molecule has 1 saturated carbocycles. The van der Waals surface area contributed by atoms with Gasteiger partial charge in [-0.15, -0.1) is 0 Å². The molecular weight excluding hydrogens is 312 g/mol. The average Bonchev–Trinajstić information content (AvgIpc) is 3.00. The number of fused-ring (bicyclic) bond motifs is 4. The van der Waals surface area contributed by atoms with Crippen molar-refractivity contribution < 1.29 is 9.84 Å². The molecule has 3 fully saturated rings. The third-order valence-corrected chi connectivity index (χ3v) is 7.24. The Bertz CT molecular complexity index is 800. The lowest BCUT2D eigenvalue weighted by Gasteiger charge is -2.60. The van der Waals surface area contributed by atoms with Crippen molar-refractivity contribution in [3.63, 3.8) is 0 Å². The van der Waals surface area contributed by atoms with Gasteiger partial charge in [-0.2, -0.15) is 0 Å². The van der Waals surface area contributed by atoms with Crippen molar-refractivity contribution in [3.05, 3.63) is 35.5 Å². The van der Waals surface area contributed by atoms with Gasteiger partial charge in [0, 0.05) is 42.8 Å². The van der Waals surface area contributed by atoms with Crippen LogP contribution in [0.25, 0.3) is 10.9 Å². The fourth-order valence-electron chi connectivity index (χ4n) is 6.43. The minimum atomic E-state index is -0.762. The predicted molar refractivity (Wildman–Crippen MR) is 98.6 cm³/mol.